The van der Waals surface area contributed by atoms with Crippen molar-refractivity contribution in [3.8, 4) is 0 Å². The molecule has 11 heteroatoms. The summed E-state index contributed by atoms with van der Waals surface area (Å²) in [5.74, 6) is -1.80. The molecule has 0 bridgehead atoms. The SMILES string of the molecule is [N-]=[N+]=NCCN(CC(=O)O)C(=O)Cn1ccc(N)nc1=O. The van der Waals surface area contributed by atoms with E-state index in [0.29, 0.717) is 0 Å². The van der Waals surface area contributed by atoms with Gasteiger partial charge in [0.25, 0.3) is 0 Å². The van der Waals surface area contributed by atoms with Gasteiger partial charge in [-0.25, -0.2) is 4.79 Å². The monoisotopic (exact) mass is 295 g/mol. The number of hydrogen-bond acceptors (Lipinski definition) is 6. The maximum atomic E-state index is 12.0. The highest BCUT2D eigenvalue weighted by Crippen LogP contribution is 1.96. The van der Waals surface area contributed by atoms with Gasteiger partial charge in [0.1, 0.15) is 18.9 Å². The lowest BCUT2D eigenvalue weighted by atomic mass is 10.4. The van der Waals surface area contributed by atoms with Gasteiger partial charge in [0.15, 0.2) is 0 Å². The van der Waals surface area contributed by atoms with Gasteiger partial charge in [-0.15, -0.1) is 0 Å². The molecular weight excluding hydrogens is 282 g/mol. The zero-order valence-electron chi connectivity index (χ0n) is 10.9. The molecule has 21 heavy (non-hydrogen) atoms. The second kappa shape index (κ2) is 7.50. The topological polar surface area (TPSA) is 167 Å². The van der Waals surface area contributed by atoms with Crippen LogP contribution in [0.1, 0.15) is 0 Å². The van der Waals surface area contributed by atoms with E-state index < -0.39 is 24.1 Å². The lowest BCUT2D eigenvalue weighted by Crippen LogP contribution is -2.41. The molecule has 3 N–H and O–H groups in total. The lowest BCUT2D eigenvalue weighted by Gasteiger charge is -2.20. The number of rotatable bonds is 7. The second-order valence-corrected chi connectivity index (χ2v) is 3.93. The fraction of sp³-hybridized carbons (Fsp3) is 0.400. The first-order chi connectivity index (χ1) is 9.93. The van der Waals surface area contributed by atoms with Crippen LogP contribution >= 0.6 is 0 Å². The molecule has 1 heterocycles. The van der Waals surface area contributed by atoms with Crippen molar-refractivity contribution >= 4 is 17.7 Å². The van der Waals surface area contributed by atoms with E-state index in [4.69, 9.17) is 16.4 Å². The first-order valence-corrected chi connectivity index (χ1v) is 5.77. The van der Waals surface area contributed by atoms with Crippen molar-refractivity contribution in [3.05, 3.63) is 33.2 Å². The Morgan fingerprint density at radius 2 is 2.29 bits per heavy atom. The van der Waals surface area contributed by atoms with Gasteiger partial charge in [-0.1, -0.05) is 5.11 Å². The van der Waals surface area contributed by atoms with E-state index in [1.165, 1.54) is 12.3 Å². The molecule has 0 saturated carbocycles. The first-order valence-electron chi connectivity index (χ1n) is 5.77. The van der Waals surface area contributed by atoms with Crippen molar-refractivity contribution in [2.24, 2.45) is 5.11 Å². The van der Waals surface area contributed by atoms with Crippen molar-refractivity contribution in [2.75, 3.05) is 25.4 Å². The molecule has 0 spiro atoms. The molecule has 0 aromatic carbocycles. The molecule has 1 amide bonds. The number of carboxylic acids is 1. The Bertz CT molecular complexity index is 635. The van der Waals surface area contributed by atoms with E-state index in [0.717, 1.165) is 9.47 Å². The van der Waals surface area contributed by atoms with E-state index in [2.05, 4.69) is 15.0 Å². The molecule has 0 fully saturated rings. The van der Waals surface area contributed by atoms with Crippen molar-refractivity contribution in [1.29, 1.82) is 0 Å². The Balaban J connectivity index is 2.81. The van der Waals surface area contributed by atoms with Gasteiger partial charge in [0, 0.05) is 24.2 Å². The van der Waals surface area contributed by atoms with Gasteiger partial charge in [-0.05, 0) is 11.6 Å². The minimum absolute atomic E-state index is 0.0226. The van der Waals surface area contributed by atoms with E-state index in [9.17, 15) is 14.4 Å². The number of anilines is 1. The van der Waals surface area contributed by atoms with Crippen LogP contribution in [-0.2, 0) is 16.1 Å². The number of aliphatic carboxylic acids is 1. The Labute approximate surface area is 118 Å². The predicted octanol–water partition coefficient (Wildman–Crippen LogP) is -0.951. The Morgan fingerprint density at radius 3 is 2.86 bits per heavy atom. The average molecular weight is 295 g/mol. The number of carbonyl (C=O) groups excluding carboxylic acids is 1. The molecule has 112 valence electrons. The Hall–Kier alpha value is -3.07. The number of carboxylic acid groups (broad SMARTS) is 1. The zero-order chi connectivity index (χ0) is 15.8. The number of carbonyl (C=O) groups is 2. The fourth-order valence-electron chi connectivity index (χ4n) is 1.47. The molecule has 0 radical (unpaired) electrons. The number of nitrogens with two attached hydrogens (primary N) is 1. The predicted molar refractivity (Wildman–Crippen MR) is 71.1 cm³/mol. The Morgan fingerprint density at radius 1 is 1.57 bits per heavy atom. The average Bonchev–Trinajstić information content (AvgIpc) is 2.40. The van der Waals surface area contributed by atoms with Gasteiger partial charge >= 0.3 is 11.7 Å². The molecular formula is C10H13N7O4. The van der Waals surface area contributed by atoms with Crippen LogP contribution in [0.15, 0.2) is 22.2 Å². The molecule has 0 atom stereocenters. The smallest absolute Gasteiger partial charge is 0.349 e. The minimum atomic E-state index is -1.22. The molecule has 1 rings (SSSR count). The third-order valence-corrected chi connectivity index (χ3v) is 2.41. The van der Waals surface area contributed by atoms with Crippen LogP contribution in [0.25, 0.3) is 10.4 Å². The quantitative estimate of drug-likeness (QED) is 0.373. The molecule has 0 unspecified atom stereocenters. The highest BCUT2D eigenvalue weighted by Gasteiger charge is 2.17. The number of nitrogens with zero attached hydrogens (tertiary/aromatic N) is 6. The minimum Gasteiger partial charge on any atom is -0.480 e. The summed E-state index contributed by atoms with van der Waals surface area (Å²) in [6.07, 6.45) is 1.29. The van der Waals surface area contributed by atoms with Gasteiger partial charge in [0.05, 0.1) is 0 Å². The maximum absolute atomic E-state index is 12.0. The first kappa shape index (κ1) is 16.0. The molecule has 11 nitrogen and oxygen atoms in total. The van der Waals surface area contributed by atoms with Crippen LogP contribution in [0.2, 0.25) is 0 Å². The second-order valence-electron chi connectivity index (χ2n) is 3.93. The van der Waals surface area contributed by atoms with Crippen molar-refractivity contribution in [2.45, 2.75) is 6.54 Å². The van der Waals surface area contributed by atoms with E-state index in [1.54, 1.807) is 0 Å². The van der Waals surface area contributed by atoms with Crippen LogP contribution in [0, 0.1) is 0 Å². The standard InChI is InChI=1S/C10H13N7O4/c11-7-1-3-17(10(21)14-7)5-8(18)16(6-9(19)20)4-2-13-15-12/h1,3H,2,4-6H2,(H,19,20)(H2,11,14,21). The number of nitrogen functional groups attached to an aromatic ring is 1. The van der Waals surface area contributed by atoms with E-state index in [-0.39, 0.29) is 25.5 Å². The van der Waals surface area contributed by atoms with Crippen LogP contribution < -0.4 is 11.4 Å². The molecule has 1 aromatic heterocycles. The van der Waals surface area contributed by atoms with Crippen LogP contribution in [-0.4, -0.2) is 51.1 Å². The van der Waals surface area contributed by atoms with Crippen molar-refractivity contribution in [3.63, 3.8) is 0 Å². The van der Waals surface area contributed by atoms with Gasteiger partial charge in [-0.2, -0.15) is 4.98 Å². The number of hydrogen-bond donors (Lipinski definition) is 2. The highest BCUT2D eigenvalue weighted by atomic mass is 16.4. The van der Waals surface area contributed by atoms with Gasteiger partial charge in [0.2, 0.25) is 5.91 Å². The van der Waals surface area contributed by atoms with E-state index >= 15 is 0 Å². The van der Waals surface area contributed by atoms with Gasteiger partial charge < -0.3 is 15.7 Å². The summed E-state index contributed by atoms with van der Waals surface area (Å²) in [7, 11) is 0. The lowest BCUT2D eigenvalue weighted by molar-refractivity contribution is -0.144. The van der Waals surface area contributed by atoms with Crippen molar-refractivity contribution < 1.29 is 14.7 Å². The number of azide groups is 1. The van der Waals surface area contributed by atoms with Crippen molar-refractivity contribution in [1.82, 2.24) is 14.5 Å². The summed E-state index contributed by atoms with van der Waals surface area (Å²) in [4.78, 5) is 41.1. The highest BCUT2D eigenvalue weighted by molar-refractivity contribution is 5.81. The maximum Gasteiger partial charge on any atom is 0.349 e. The molecule has 0 aliphatic heterocycles. The normalized spacial score (nSPS) is 9.71. The molecule has 0 saturated heterocycles. The summed E-state index contributed by atoms with van der Waals surface area (Å²) in [5, 5.41) is 12.0. The summed E-state index contributed by atoms with van der Waals surface area (Å²) >= 11 is 0. The largest absolute Gasteiger partial charge is 0.480 e. The third-order valence-electron chi connectivity index (χ3n) is 2.41. The van der Waals surface area contributed by atoms with Gasteiger partial charge in [-0.3, -0.25) is 14.2 Å². The van der Waals surface area contributed by atoms with Crippen LogP contribution in [0.4, 0.5) is 5.82 Å². The van der Waals surface area contributed by atoms with E-state index in [1.807, 2.05) is 0 Å². The zero-order valence-corrected chi connectivity index (χ0v) is 10.9. The van der Waals surface area contributed by atoms with Crippen LogP contribution in [0.5, 0.6) is 0 Å². The summed E-state index contributed by atoms with van der Waals surface area (Å²) < 4.78 is 1.00. The number of aromatic nitrogens is 2. The fourth-order valence-corrected chi connectivity index (χ4v) is 1.47. The Kier molecular flexibility index (Phi) is 5.71. The molecule has 0 aliphatic rings. The molecule has 1 aromatic rings. The molecule has 0 aliphatic carbocycles. The summed E-state index contributed by atoms with van der Waals surface area (Å²) in [5.41, 5.74) is 12.8. The summed E-state index contributed by atoms with van der Waals surface area (Å²) in [6.45, 7) is -1.07. The number of amides is 1. The summed E-state index contributed by atoms with van der Waals surface area (Å²) in [6, 6.07) is 1.34. The van der Waals surface area contributed by atoms with Crippen LogP contribution in [0.3, 0.4) is 0 Å². The third kappa shape index (κ3) is 5.20.